The Morgan fingerprint density at radius 3 is 1.56 bits per heavy atom. The first-order chi connectivity index (χ1) is 17.8. The molecule has 5 nitrogen and oxygen atoms in total. The highest BCUT2D eigenvalue weighted by Gasteiger charge is 2.48. The van der Waals surface area contributed by atoms with Crippen LogP contribution in [0.3, 0.4) is 0 Å². The van der Waals surface area contributed by atoms with Gasteiger partial charge in [0.25, 0.3) is 8.24 Å². The molecule has 0 atom stereocenters. The molecule has 0 spiro atoms. The Bertz CT molecular complexity index is 1440. The Balaban J connectivity index is 1.82. The van der Waals surface area contributed by atoms with Crippen LogP contribution in [0.4, 0.5) is 11.5 Å². The van der Waals surface area contributed by atoms with E-state index >= 15 is 0 Å². The van der Waals surface area contributed by atoms with Crippen LogP contribution in [0.25, 0.3) is 11.5 Å². The van der Waals surface area contributed by atoms with Gasteiger partial charge in [-0.25, -0.2) is 15.0 Å². The first-order valence-electron chi connectivity index (χ1n) is 11.9. The van der Waals surface area contributed by atoms with E-state index in [1.807, 2.05) is 13.4 Å². The number of hydrogen-bond donors (Lipinski definition) is 0. The topological polar surface area (TPSA) is 46.8 Å². The van der Waals surface area contributed by atoms with Crippen LogP contribution >= 0.6 is 0 Å². The van der Waals surface area contributed by atoms with E-state index in [1.165, 1.54) is 15.6 Å². The number of nitrogens with zero attached hydrogens (tertiary/aromatic N) is 5. The van der Waals surface area contributed by atoms with Gasteiger partial charge in [0.2, 0.25) is 0 Å². The largest absolute Gasteiger partial charge is 0.340 e. The Labute approximate surface area is 211 Å². The predicted octanol–water partition coefficient (Wildman–Crippen LogP) is 4.12. The highest BCUT2D eigenvalue weighted by molar-refractivity contribution is 7.14. The number of anilines is 2. The van der Waals surface area contributed by atoms with Gasteiger partial charge in [-0.15, -0.1) is 0 Å². The van der Waals surface area contributed by atoms with Gasteiger partial charge >= 0.3 is 0 Å². The van der Waals surface area contributed by atoms with Crippen molar-refractivity contribution in [2.45, 2.75) is 0 Å². The third kappa shape index (κ3) is 3.51. The fourth-order valence-electron chi connectivity index (χ4n) is 5.12. The molecule has 0 bridgehead atoms. The zero-order chi connectivity index (χ0) is 24.4. The van der Waals surface area contributed by atoms with Gasteiger partial charge in [0, 0.05) is 12.7 Å². The number of fused-ring (bicyclic) bond motifs is 1. The maximum absolute atomic E-state index is 4.71. The number of rotatable bonds is 6. The lowest BCUT2D eigenvalue weighted by Crippen LogP contribution is -2.76. The molecule has 0 radical (unpaired) electrons. The predicted molar refractivity (Wildman–Crippen MR) is 148 cm³/mol. The number of para-hydroxylation sites is 1. The van der Waals surface area contributed by atoms with Gasteiger partial charge < -0.3 is 9.13 Å². The zero-order valence-electron chi connectivity index (χ0n) is 19.9. The minimum Gasteiger partial charge on any atom is -0.340 e. The van der Waals surface area contributed by atoms with Gasteiger partial charge in [0.05, 0.1) is 6.33 Å². The smallest absolute Gasteiger partial charge is 0.258 e. The normalized spacial score (nSPS) is 11.5. The Morgan fingerprint density at radius 2 is 1.06 bits per heavy atom. The summed E-state index contributed by atoms with van der Waals surface area (Å²) < 4.78 is 4.59. The van der Waals surface area contributed by atoms with Gasteiger partial charge in [-0.2, -0.15) is 0 Å². The Morgan fingerprint density at radius 1 is 0.583 bits per heavy atom. The molecule has 2 aliphatic heterocycles. The molecule has 0 fully saturated rings. The summed E-state index contributed by atoms with van der Waals surface area (Å²) in [6, 6.07) is 43.2. The zero-order valence-corrected chi connectivity index (χ0v) is 20.9. The molecule has 0 aliphatic carbocycles. The van der Waals surface area contributed by atoms with Gasteiger partial charge in [-0.05, 0) is 27.7 Å². The van der Waals surface area contributed by atoms with E-state index in [0.29, 0.717) is 5.82 Å². The molecule has 4 aromatic carbocycles. The van der Waals surface area contributed by atoms with Crippen molar-refractivity contribution in [1.29, 1.82) is 0 Å². The fraction of sp³-hybridized carbons (Fsp3) is 0.0333. The van der Waals surface area contributed by atoms with Crippen molar-refractivity contribution in [1.82, 2.24) is 19.5 Å². The summed E-state index contributed by atoms with van der Waals surface area (Å²) in [5.74, 6) is 1.60. The number of aryl methyl sites for hydroxylation is 1. The van der Waals surface area contributed by atoms with Gasteiger partial charge in [0.15, 0.2) is 5.82 Å². The number of hydrogen-bond acceptors (Lipinski definition) is 4. The average molecular weight is 484 g/mol. The SMILES string of the molecule is Cn1cnc2ncnc-2c1N(c1ccccc1)[Si](c1ccccc1)(c1ccccc1)c1ccccc1. The highest BCUT2D eigenvalue weighted by atomic mass is 28.3. The fourth-order valence-corrected chi connectivity index (χ4v) is 10.0. The molecule has 2 aliphatic rings. The molecule has 0 saturated carbocycles. The molecule has 0 amide bonds. The summed E-state index contributed by atoms with van der Waals surface area (Å²) in [6.07, 6.45) is 3.43. The van der Waals surface area contributed by atoms with Crippen molar-refractivity contribution < 1.29 is 0 Å². The van der Waals surface area contributed by atoms with Crippen LogP contribution in [0.15, 0.2) is 134 Å². The lowest BCUT2D eigenvalue weighted by molar-refractivity contribution is 0.855. The first-order valence-corrected chi connectivity index (χ1v) is 13.9. The highest BCUT2D eigenvalue weighted by Crippen LogP contribution is 2.36. The van der Waals surface area contributed by atoms with E-state index in [9.17, 15) is 0 Å². The van der Waals surface area contributed by atoms with Crippen molar-refractivity contribution in [3.05, 3.63) is 134 Å². The minimum absolute atomic E-state index is 0.640. The van der Waals surface area contributed by atoms with E-state index in [1.54, 1.807) is 6.33 Å². The van der Waals surface area contributed by atoms with Gasteiger partial charge in [0.1, 0.15) is 17.8 Å². The Kier molecular flexibility index (Phi) is 5.63. The second-order valence-electron chi connectivity index (χ2n) is 8.70. The van der Waals surface area contributed by atoms with Gasteiger partial charge in [-0.1, -0.05) is 109 Å². The van der Waals surface area contributed by atoms with E-state index < -0.39 is 8.24 Å². The quantitative estimate of drug-likeness (QED) is 0.264. The van der Waals surface area contributed by atoms with E-state index in [-0.39, 0.29) is 0 Å². The lowest BCUT2D eigenvalue weighted by atomic mass is 10.3. The number of imidazole rings is 1. The molecular weight excluding hydrogens is 458 g/mol. The molecule has 6 rings (SSSR count). The number of aromatic nitrogens is 4. The van der Waals surface area contributed by atoms with Crippen molar-refractivity contribution in [3.63, 3.8) is 0 Å². The minimum atomic E-state index is -2.94. The third-order valence-electron chi connectivity index (χ3n) is 6.61. The molecule has 174 valence electrons. The average Bonchev–Trinajstić information content (AvgIpc) is 3.43. The van der Waals surface area contributed by atoms with Crippen LogP contribution in [-0.2, 0) is 7.05 Å². The molecular formula is C30H25N5Si. The van der Waals surface area contributed by atoms with Crippen LogP contribution in [0.1, 0.15) is 0 Å². The monoisotopic (exact) mass is 483 g/mol. The van der Waals surface area contributed by atoms with Gasteiger partial charge in [-0.3, -0.25) is 0 Å². The first kappa shape index (κ1) is 21.9. The molecule has 6 heteroatoms. The van der Waals surface area contributed by atoms with Crippen molar-refractivity contribution >= 4 is 35.3 Å². The molecule has 0 saturated heterocycles. The molecule has 0 aromatic heterocycles. The van der Waals surface area contributed by atoms with E-state index in [2.05, 4.69) is 140 Å². The molecule has 2 heterocycles. The Hall–Kier alpha value is -4.55. The van der Waals surface area contributed by atoms with Crippen LogP contribution in [0.2, 0.25) is 0 Å². The standard InChI is InChI=1S/C30H25N5Si/c1-34-23-33-29-28(31-22-32-29)30(34)35(24-14-6-2-7-15-24)36(25-16-8-3-9-17-25,26-18-10-4-11-19-26)27-20-12-5-13-21-27/h2-23H,1H3. The van der Waals surface area contributed by atoms with E-state index in [4.69, 9.17) is 4.98 Å². The maximum Gasteiger partial charge on any atom is 0.258 e. The van der Waals surface area contributed by atoms with Crippen molar-refractivity contribution in [2.75, 3.05) is 4.57 Å². The second-order valence-corrected chi connectivity index (χ2v) is 12.3. The number of benzene rings is 4. The van der Waals surface area contributed by atoms with E-state index in [0.717, 1.165) is 17.2 Å². The lowest BCUT2D eigenvalue weighted by Gasteiger charge is -2.45. The summed E-state index contributed by atoms with van der Waals surface area (Å²) >= 11 is 0. The second kappa shape index (κ2) is 9.24. The summed E-state index contributed by atoms with van der Waals surface area (Å²) in [4.78, 5) is 13.7. The summed E-state index contributed by atoms with van der Waals surface area (Å²) in [6.45, 7) is 0. The summed E-state index contributed by atoms with van der Waals surface area (Å²) in [5, 5.41) is 3.82. The summed E-state index contributed by atoms with van der Waals surface area (Å²) in [7, 11) is -0.906. The molecule has 0 unspecified atom stereocenters. The van der Waals surface area contributed by atoms with Crippen LogP contribution in [0.5, 0.6) is 0 Å². The van der Waals surface area contributed by atoms with Crippen LogP contribution in [-0.4, -0.2) is 27.8 Å². The molecule has 0 N–H and O–H groups in total. The van der Waals surface area contributed by atoms with Crippen LogP contribution < -0.4 is 20.1 Å². The third-order valence-corrected chi connectivity index (χ3v) is 11.3. The molecule has 4 aromatic rings. The van der Waals surface area contributed by atoms with Crippen LogP contribution in [0, 0.1) is 0 Å². The van der Waals surface area contributed by atoms with Crippen molar-refractivity contribution in [2.24, 2.45) is 7.05 Å². The molecule has 36 heavy (non-hydrogen) atoms. The summed E-state index contributed by atoms with van der Waals surface area (Å²) in [5.41, 5.74) is 1.87. The van der Waals surface area contributed by atoms with Crippen molar-refractivity contribution in [3.8, 4) is 11.5 Å². The maximum atomic E-state index is 4.71.